The van der Waals surface area contributed by atoms with Crippen LogP contribution in [0.2, 0.25) is 0 Å². The molecular formula is C17H17BrN2O. The van der Waals surface area contributed by atoms with Crippen LogP contribution in [0.4, 0.5) is 5.69 Å². The van der Waals surface area contributed by atoms with E-state index in [1.165, 1.54) is 5.56 Å². The standard InChI is InChI=1S/C17H17BrN2O/c18-13-7-4-8-14(9-13)20-17(21)11-19-16-10-15(16)12-5-2-1-3-6-12/h1-9,15-16,19H,10-11H2,(H,20,21). The minimum Gasteiger partial charge on any atom is -0.325 e. The number of nitrogens with one attached hydrogen (secondary N) is 2. The van der Waals surface area contributed by atoms with Crippen LogP contribution in [0.15, 0.2) is 59.1 Å². The maximum Gasteiger partial charge on any atom is 0.238 e. The van der Waals surface area contributed by atoms with E-state index in [0.29, 0.717) is 18.5 Å². The van der Waals surface area contributed by atoms with Crippen molar-refractivity contribution >= 4 is 27.5 Å². The van der Waals surface area contributed by atoms with Gasteiger partial charge in [-0.1, -0.05) is 52.3 Å². The van der Waals surface area contributed by atoms with Crippen molar-refractivity contribution < 1.29 is 4.79 Å². The van der Waals surface area contributed by atoms with E-state index in [4.69, 9.17) is 0 Å². The molecule has 0 spiro atoms. The van der Waals surface area contributed by atoms with Gasteiger partial charge >= 0.3 is 0 Å². The minimum atomic E-state index is -0.00758. The lowest BCUT2D eigenvalue weighted by atomic mass is 10.1. The summed E-state index contributed by atoms with van der Waals surface area (Å²) in [6.45, 7) is 0.348. The third-order valence-electron chi connectivity index (χ3n) is 3.65. The van der Waals surface area contributed by atoms with Gasteiger partial charge in [0.15, 0.2) is 0 Å². The predicted octanol–water partition coefficient (Wildman–Crippen LogP) is 3.53. The van der Waals surface area contributed by atoms with Crippen LogP contribution in [0.25, 0.3) is 0 Å². The van der Waals surface area contributed by atoms with Gasteiger partial charge in [-0.2, -0.15) is 0 Å². The molecular weight excluding hydrogens is 328 g/mol. The predicted molar refractivity (Wildman–Crippen MR) is 88.4 cm³/mol. The van der Waals surface area contributed by atoms with Crippen molar-refractivity contribution in [3.63, 3.8) is 0 Å². The lowest BCUT2D eigenvalue weighted by Crippen LogP contribution is -2.30. The average Bonchev–Trinajstić information content (AvgIpc) is 3.26. The van der Waals surface area contributed by atoms with Crippen LogP contribution in [-0.2, 0) is 4.79 Å². The molecule has 108 valence electrons. The molecule has 2 aromatic carbocycles. The zero-order valence-corrected chi connectivity index (χ0v) is 13.1. The summed E-state index contributed by atoms with van der Waals surface area (Å²) in [6.07, 6.45) is 1.11. The summed E-state index contributed by atoms with van der Waals surface area (Å²) in [7, 11) is 0. The molecule has 0 bridgehead atoms. The Balaban J connectivity index is 1.45. The van der Waals surface area contributed by atoms with Crippen molar-refractivity contribution in [3.8, 4) is 0 Å². The molecule has 4 heteroatoms. The summed E-state index contributed by atoms with van der Waals surface area (Å²) >= 11 is 3.39. The fourth-order valence-corrected chi connectivity index (χ4v) is 2.88. The third kappa shape index (κ3) is 3.93. The second-order valence-corrected chi connectivity index (χ2v) is 6.21. The highest BCUT2D eigenvalue weighted by Crippen LogP contribution is 2.40. The highest BCUT2D eigenvalue weighted by atomic mass is 79.9. The summed E-state index contributed by atoms with van der Waals surface area (Å²) in [4.78, 5) is 11.9. The summed E-state index contributed by atoms with van der Waals surface area (Å²) in [5.74, 6) is 0.539. The van der Waals surface area contributed by atoms with E-state index >= 15 is 0 Å². The number of hydrogen-bond donors (Lipinski definition) is 2. The smallest absolute Gasteiger partial charge is 0.238 e. The van der Waals surface area contributed by atoms with Crippen molar-refractivity contribution in [1.82, 2.24) is 5.32 Å². The first kappa shape index (κ1) is 14.3. The van der Waals surface area contributed by atoms with Gasteiger partial charge in [-0.15, -0.1) is 0 Å². The Morgan fingerprint density at radius 1 is 1.14 bits per heavy atom. The van der Waals surface area contributed by atoms with E-state index in [9.17, 15) is 4.79 Å². The quantitative estimate of drug-likeness (QED) is 0.870. The SMILES string of the molecule is O=C(CNC1CC1c1ccccc1)Nc1cccc(Br)c1. The zero-order chi connectivity index (χ0) is 14.7. The fourth-order valence-electron chi connectivity index (χ4n) is 2.48. The van der Waals surface area contributed by atoms with Crippen molar-refractivity contribution in [1.29, 1.82) is 0 Å². The van der Waals surface area contributed by atoms with Gasteiger partial charge in [-0.25, -0.2) is 0 Å². The highest BCUT2D eigenvalue weighted by Gasteiger charge is 2.37. The number of anilines is 1. The second kappa shape index (κ2) is 6.41. The molecule has 2 N–H and O–H groups in total. The van der Waals surface area contributed by atoms with Crippen LogP contribution in [0.3, 0.4) is 0 Å². The molecule has 1 saturated carbocycles. The van der Waals surface area contributed by atoms with E-state index in [1.807, 2.05) is 30.3 Å². The Morgan fingerprint density at radius 2 is 1.95 bits per heavy atom. The molecule has 0 aromatic heterocycles. The van der Waals surface area contributed by atoms with Crippen LogP contribution < -0.4 is 10.6 Å². The molecule has 1 aliphatic rings. The molecule has 1 fully saturated rings. The number of halogens is 1. The van der Waals surface area contributed by atoms with Gasteiger partial charge in [0, 0.05) is 22.1 Å². The monoisotopic (exact) mass is 344 g/mol. The molecule has 2 unspecified atom stereocenters. The first-order valence-corrected chi connectivity index (χ1v) is 7.85. The number of carbonyl (C=O) groups is 1. The Hall–Kier alpha value is -1.65. The molecule has 2 atom stereocenters. The lowest BCUT2D eigenvalue weighted by Gasteiger charge is -2.07. The van der Waals surface area contributed by atoms with Crippen molar-refractivity contribution in [3.05, 3.63) is 64.6 Å². The number of amides is 1. The van der Waals surface area contributed by atoms with Crippen LogP contribution in [-0.4, -0.2) is 18.5 Å². The normalized spacial score (nSPS) is 20.0. The molecule has 1 aliphatic carbocycles. The Morgan fingerprint density at radius 3 is 2.71 bits per heavy atom. The second-order valence-electron chi connectivity index (χ2n) is 5.30. The topological polar surface area (TPSA) is 41.1 Å². The number of hydrogen-bond acceptors (Lipinski definition) is 2. The van der Waals surface area contributed by atoms with Gasteiger partial charge in [0.25, 0.3) is 0 Å². The van der Waals surface area contributed by atoms with E-state index in [2.05, 4.69) is 50.8 Å². The first-order valence-electron chi connectivity index (χ1n) is 7.06. The van der Waals surface area contributed by atoms with Gasteiger partial charge in [0.05, 0.1) is 6.54 Å². The number of rotatable bonds is 5. The molecule has 0 aliphatic heterocycles. The van der Waals surface area contributed by atoms with Gasteiger partial charge in [-0.3, -0.25) is 4.79 Å². The van der Waals surface area contributed by atoms with Crippen molar-refractivity contribution in [2.45, 2.75) is 18.4 Å². The Kier molecular flexibility index (Phi) is 4.36. The molecule has 3 rings (SSSR count). The fraction of sp³-hybridized carbons (Fsp3) is 0.235. The molecule has 2 aromatic rings. The van der Waals surface area contributed by atoms with E-state index in [0.717, 1.165) is 16.6 Å². The van der Waals surface area contributed by atoms with Crippen molar-refractivity contribution in [2.24, 2.45) is 0 Å². The van der Waals surface area contributed by atoms with Crippen LogP contribution in [0, 0.1) is 0 Å². The zero-order valence-electron chi connectivity index (χ0n) is 11.6. The molecule has 21 heavy (non-hydrogen) atoms. The van der Waals surface area contributed by atoms with Gasteiger partial charge < -0.3 is 10.6 Å². The first-order chi connectivity index (χ1) is 10.2. The van der Waals surface area contributed by atoms with Crippen LogP contribution >= 0.6 is 15.9 Å². The summed E-state index contributed by atoms with van der Waals surface area (Å²) in [6, 6.07) is 18.5. The Labute approximate surface area is 132 Å². The third-order valence-corrected chi connectivity index (χ3v) is 4.14. The summed E-state index contributed by atoms with van der Waals surface area (Å²) < 4.78 is 0.958. The molecule has 3 nitrogen and oxygen atoms in total. The van der Waals surface area contributed by atoms with E-state index in [-0.39, 0.29) is 5.91 Å². The minimum absolute atomic E-state index is 0.00758. The van der Waals surface area contributed by atoms with Crippen molar-refractivity contribution in [2.75, 3.05) is 11.9 Å². The lowest BCUT2D eigenvalue weighted by molar-refractivity contribution is -0.115. The molecule has 0 heterocycles. The molecule has 1 amide bonds. The molecule has 0 saturated heterocycles. The highest BCUT2D eigenvalue weighted by molar-refractivity contribution is 9.10. The largest absolute Gasteiger partial charge is 0.325 e. The van der Waals surface area contributed by atoms with Gasteiger partial charge in [0.2, 0.25) is 5.91 Å². The van der Waals surface area contributed by atoms with Crippen LogP contribution in [0.5, 0.6) is 0 Å². The maximum absolute atomic E-state index is 11.9. The van der Waals surface area contributed by atoms with Crippen LogP contribution in [0.1, 0.15) is 17.9 Å². The number of carbonyl (C=O) groups excluding carboxylic acids is 1. The molecule has 0 radical (unpaired) electrons. The summed E-state index contributed by atoms with van der Waals surface area (Å²) in [5, 5.41) is 6.21. The number of benzene rings is 2. The Bertz CT molecular complexity index is 630. The van der Waals surface area contributed by atoms with E-state index < -0.39 is 0 Å². The van der Waals surface area contributed by atoms with Gasteiger partial charge in [0.1, 0.15) is 0 Å². The summed E-state index contributed by atoms with van der Waals surface area (Å²) in [5.41, 5.74) is 2.16. The maximum atomic E-state index is 11.9. The van der Waals surface area contributed by atoms with E-state index in [1.54, 1.807) is 0 Å². The average molecular weight is 345 g/mol. The van der Waals surface area contributed by atoms with Gasteiger partial charge in [-0.05, 0) is 30.2 Å².